The Labute approximate surface area is 94.8 Å². The molecule has 1 aliphatic carbocycles. The molecule has 1 N–H and O–H groups in total. The molecule has 1 saturated carbocycles. The first-order valence-corrected chi connectivity index (χ1v) is 5.50. The molecule has 0 aliphatic heterocycles. The molecule has 2 nitrogen and oxygen atoms in total. The summed E-state index contributed by atoms with van der Waals surface area (Å²) in [5, 5.41) is 9.87. The quantitative estimate of drug-likeness (QED) is 0.856. The summed E-state index contributed by atoms with van der Waals surface area (Å²) in [7, 11) is 1.61. The van der Waals surface area contributed by atoms with Crippen molar-refractivity contribution in [3.63, 3.8) is 0 Å². The number of aliphatic hydroxyl groups is 1. The van der Waals surface area contributed by atoms with Crippen molar-refractivity contribution in [2.45, 2.75) is 19.3 Å². The first-order chi connectivity index (χ1) is 7.19. The SMILES string of the molecule is COc1ccc(CC2(CO)CC2)cc1Cl. The molecule has 0 saturated heterocycles. The van der Waals surface area contributed by atoms with E-state index < -0.39 is 0 Å². The Hall–Kier alpha value is -0.730. The minimum atomic E-state index is 0.137. The van der Waals surface area contributed by atoms with Crippen molar-refractivity contribution < 1.29 is 9.84 Å². The molecule has 82 valence electrons. The molecule has 15 heavy (non-hydrogen) atoms. The van der Waals surface area contributed by atoms with Crippen LogP contribution in [0.3, 0.4) is 0 Å². The molecule has 0 unspecified atom stereocenters. The molecule has 1 aromatic carbocycles. The summed E-state index contributed by atoms with van der Waals surface area (Å²) < 4.78 is 5.09. The summed E-state index contributed by atoms with van der Waals surface area (Å²) in [4.78, 5) is 0. The van der Waals surface area contributed by atoms with E-state index in [0.29, 0.717) is 10.8 Å². The Bertz CT molecular complexity index is 359. The van der Waals surface area contributed by atoms with E-state index in [0.717, 1.165) is 19.3 Å². The van der Waals surface area contributed by atoms with Gasteiger partial charge in [-0.1, -0.05) is 17.7 Å². The van der Waals surface area contributed by atoms with Gasteiger partial charge in [-0.25, -0.2) is 0 Å². The van der Waals surface area contributed by atoms with Crippen LogP contribution in [0, 0.1) is 5.41 Å². The highest BCUT2D eigenvalue weighted by molar-refractivity contribution is 6.32. The van der Waals surface area contributed by atoms with Gasteiger partial charge in [0.05, 0.1) is 12.1 Å². The van der Waals surface area contributed by atoms with E-state index in [2.05, 4.69) is 0 Å². The lowest BCUT2D eigenvalue weighted by molar-refractivity contribution is 0.211. The molecule has 0 heterocycles. The molecule has 0 spiro atoms. The third kappa shape index (κ3) is 2.27. The third-order valence-electron chi connectivity index (χ3n) is 3.09. The molecule has 0 bridgehead atoms. The summed E-state index contributed by atoms with van der Waals surface area (Å²) in [5.74, 6) is 0.703. The molecule has 0 atom stereocenters. The Morgan fingerprint density at radius 1 is 1.47 bits per heavy atom. The lowest BCUT2D eigenvalue weighted by Crippen LogP contribution is -2.09. The van der Waals surface area contributed by atoms with Gasteiger partial charge in [0.15, 0.2) is 0 Å². The van der Waals surface area contributed by atoms with Crippen molar-refractivity contribution in [1.29, 1.82) is 0 Å². The summed E-state index contributed by atoms with van der Waals surface area (Å²) in [6.07, 6.45) is 3.15. The Kier molecular flexibility index (Phi) is 2.89. The normalized spacial score (nSPS) is 17.5. The van der Waals surface area contributed by atoms with Gasteiger partial charge in [-0.05, 0) is 42.4 Å². The molecule has 0 amide bonds. The highest BCUT2D eigenvalue weighted by Crippen LogP contribution is 2.48. The maximum absolute atomic E-state index is 9.23. The second-order valence-electron chi connectivity index (χ2n) is 4.30. The number of halogens is 1. The van der Waals surface area contributed by atoms with E-state index in [1.807, 2.05) is 18.2 Å². The van der Waals surface area contributed by atoms with Gasteiger partial charge in [0.2, 0.25) is 0 Å². The molecule has 1 aromatic rings. The van der Waals surface area contributed by atoms with E-state index >= 15 is 0 Å². The van der Waals surface area contributed by atoms with Gasteiger partial charge >= 0.3 is 0 Å². The fourth-order valence-electron chi connectivity index (χ4n) is 1.82. The van der Waals surface area contributed by atoms with Gasteiger partial charge < -0.3 is 9.84 Å². The zero-order valence-corrected chi connectivity index (χ0v) is 9.55. The summed E-state index contributed by atoms with van der Waals surface area (Å²) in [6, 6.07) is 5.82. The molecule has 3 heteroatoms. The molecule has 1 fully saturated rings. The van der Waals surface area contributed by atoms with Crippen LogP contribution in [0.4, 0.5) is 0 Å². The van der Waals surface area contributed by atoms with Gasteiger partial charge in [-0.15, -0.1) is 0 Å². The fraction of sp³-hybridized carbons (Fsp3) is 0.500. The minimum absolute atomic E-state index is 0.137. The zero-order chi connectivity index (χ0) is 10.9. The number of methoxy groups -OCH3 is 1. The Morgan fingerprint density at radius 2 is 2.20 bits per heavy atom. The van der Waals surface area contributed by atoms with Crippen LogP contribution in [-0.2, 0) is 6.42 Å². The average molecular weight is 227 g/mol. The van der Waals surface area contributed by atoms with Crippen molar-refractivity contribution in [2.24, 2.45) is 5.41 Å². The van der Waals surface area contributed by atoms with Crippen LogP contribution in [0.2, 0.25) is 5.02 Å². The zero-order valence-electron chi connectivity index (χ0n) is 8.79. The highest BCUT2D eigenvalue weighted by atomic mass is 35.5. The van der Waals surface area contributed by atoms with Crippen molar-refractivity contribution >= 4 is 11.6 Å². The van der Waals surface area contributed by atoms with E-state index in [-0.39, 0.29) is 12.0 Å². The summed E-state index contributed by atoms with van der Waals surface area (Å²) >= 11 is 6.03. The van der Waals surface area contributed by atoms with E-state index in [1.54, 1.807) is 7.11 Å². The topological polar surface area (TPSA) is 29.5 Å². The van der Waals surface area contributed by atoms with Crippen LogP contribution in [0.25, 0.3) is 0 Å². The number of aliphatic hydroxyl groups excluding tert-OH is 1. The largest absolute Gasteiger partial charge is 0.495 e. The maximum atomic E-state index is 9.23. The van der Waals surface area contributed by atoms with Gasteiger partial charge in [0, 0.05) is 6.61 Å². The predicted molar refractivity (Wildman–Crippen MR) is 60.5 cm³/mol. The van der Waals surface area contributed by atoms with Crippen molar-refractivity contribution in [2.75, 3.05) is 13.7 Å². The van der Waals surface area contributed by atoms with Crippen LogP contribution in [-0.4, -0.2) is 18.8 Å². The van der Waals surface area contributed by atoms with E-state index in [9.17, 15) is 5.11 Å². The molecule has 2 rings (SSSR count). The minimum Gasteiger partial charge on any atom is -0.495 e. The number of hydrogen-bond donors (Lipinski definition) is 1. The van der Waals surface area contributed by atoms with Crippen LogP contribution >= 0.6 is 11.6 Å². The third-order valence-corrected chi connectivity index (χ3v) is 3.38. The summed E-state index contributed by atoms with van der Waals surface area (Å²) in [5.41, 5.74) is 1.31. The van der Waals surface area contributed by atoms with Crippen molar-refractivity contribution in [3.05, 3.63) is 28.8 Å². The second-order valence-corrected chi connectivity index (χ2v) is 4.71. The van der Waals surface area contributed by atoms with Gasteiger partial charge in [0.25, 0.3) is 0 Å². The lowest BCUT2D eigenvalue weighted by Gasteiger charge is -2.12. The smallest absolute Gasteiger partial charge is 0.137 e. The van der Waals surface area contributed by atoms with Gasteiger partial charge in [0.1, 0.15) is 5.75 Å². The molecule has 1 aliphatic rings. The van der Waals surface area contributed by atoms with Crippen LogP contribution in [0.5, 0.6) is 5.75 Å². The molecule has 0 radical (unpaired) electrons. The fourth-order valence-corrected chi connectivity index (χ4v) is 2.10. The first-order valence-electron chi connectivity index (χ1n) is 5.12. The Balaban J connectivity index is 2.13. The molecular formula is C12H15ClO2. The van der Waals surface area contributed by atoms with Crippen LogP contribution in [0.1, 0.15) is 18.4 Å². The van der Waals surface area contributed by atoms with Crippen molar-refractivity contribution in [1.82, 2.24) is 0 Å². The van der Waals surface area contributed by atoms with E-state index in [1.165, 1.54) is 5.56 Å². The van der Waals surface area contributed by atoms with Crippen LogP contribution < -0.4 is 4.74 Å². The monoisotopic (exact) mass is 226 g/mol. The molecular weight excluding hydrogens is 212 g/mol. The first kappa shape index (κ1) is 10.8. The standard InChI is InChI=1S/C12H15ClO2/c1-15-11-3-2-9(6-10(11)13)7-12(8-14)4-5-12/h2-3,6,14H,4-5,7-8H2,1H3. The van der Waals surface area contributed by atoms with Gasteiger partial charge in [-0.3, -0.25) is 0 Å². The molecule has 0 aromatic heterocycles. The number of rotatable bonds is 4. The highest BCUT2D eigenvalue weighted by Gasteiger charge is 2.41. The maximum Gasteiger partial charge on any atom is 0.137 e. The summed E-state index contributed by atoms with van der Waals surface area (Å²) in [6.45, 7) is 0.274. The van der Waals surface area contributed by atoms with Gasteiger partial charge in [-0.2, -0.15) is 0 Å². The Morgan fingerprint density at radius 3 is 2.67 bits per heavy atom. The lowest BCUT2D eigenvalue weighted by atomic mass is 9.97. The number of benzene rings is 1. The second kappa shape index (κ2) is 4.03. The van der Waals surface area contributed by atoms with Crippen LogP contribution in [0.15, 0.2) is 18.2 Å². The average Bonchev–Trinajstić information content (AvgIpc) is 2.99. The number of hydrogen-bond acceptors (Lipinski definition) is 2. The predicted octanol–water partition coefficient (Wildman–Crippen LogP) is 2.66. The van der Waals surface area contributed by atoms with Crippen molar-refractivity contribution in [3.8, 4) is 5.75 Å². The van der Waals surface area contributed by atoms with E-state index in [4.69, 9.17) is 16.3 Å². The number of ether oxygens (including phenoxy) is 1.